The Morgan fingerprint density at radius 1 is 1.16 bits per heavy atom. The topological polar surface area (TPSA) is 35.4 Å². The number of aromatic nitrogens is 1. The van der Waals surface area contributed by atoms with Crippen molar-refractivity contribution in [1.82, 2.24) is 4.57 Å². The van der Waals surface area contributed by atoms with Crippen LogP contribution in [-0.4, -0.2) is 25.1 Å². The molecular weight excluding hydrogens is 417 g/mol. The Balaban J connectivity index is 0.00000227. The number of ether oxygens (including phenoxy) is 2. The van der Waals surface area contributed by atoms with Gasteiger partial charge in [0.2, 0.25) is 0 Å². The third-order valence-electron chi connectivity index (χ3n) is 4.37. The zero-order valence-corrected chi connectivity index (χ0v) is 20.9. The third kappa shape index (κ3) is 8.89. The molecule has 0 atom stereocenters. The van der Waals surface area contributed by atoms with Crippen molar-refractivity contribution in [3.63, 3.8) is 0 Å². The van der Waals surface area contributed by atoms with E-state index in [1.165, 1.54) is 24.8 Å². The number of aryl methyl sites for hydroxylation is 2. The Morgan fingerprint density at radius 3 is 2.28 bits per heavy atom. The van der Waals surface area contributed by atoms with Crippen LogP contribution >= 0.6 is 0 Å². The zero-order chi connectivity index (χ0) is 24.9. The number of halogens is 3. The van der Waals surface area contributed by atoms with Crippen LogP contribution in [0.25, 0.3) is 6.08 Å². The molecule has 0 aliphatic rings. The standard InChI is InChI=1S/C21H27F3N2O2.2C2H6/c1-6-9-26-13-15(3)20(25-4)18(26)11-14(2)10-16-7-8-17(12-19(16)27-5)28-21(22,23)24;2*1-2/h7-8,11-13,25H,6,9-10H2,1-5H3;2*1-2H3/b14-11-;;. The van der Waals surface area contributed by atoms with E-state index in [0.29, 0.717) is 12.2 Å². The molecule has 0 saturated heterocycles. The van der Waals surface area contributed by atoms with Gasteiger partial charge in [-0.3, -0.25) is 0 Å². The lowest BCUT2D eigenvalue weighted by Crippen LogP contribution is -2.17. The van der Waals surface area contributed by atoms with Gasteiger partial charge >= 0.3 is 6.36 Å². The van der Waals surface area contributed by atoms with Crippen LogP contribution in [0, 0.1) is 6.92 Å². The molecule has 0 unspecified atom stereocenters. The summed E-state index contributed by atoms with van der Waals surface area (Å²) in [6, 6.07) is 4.17. The van der Waals surface area contributed by atoms with E-state index in [2.05, 4.69) is 40.7 Å². The molecule has 0 aliphatic heterocycles. The highest BCUT2D eigenvalue weighted by Crippen LogP contribution is 2.31. The Morgan fingerprint density at radius 2 is 1.78 bits per heavy atom. The Kier molecular flexibility index (Phi) is 13.3. The number of nitrogens with zero attached hydrogens (tertiary/aromatic N) is 1. The second-order valence-corrected chi connectivity index (χ2v) is 6.70. The summed E-state index contributed by atoms with van der Waals surface area (Å²) in [7, 11) is 3.33. The first kappa shape index (κ1) is 29.4. The van der Waals surface area contributed by atoms with E-state index in [-0.39, 0.29) is 5.75 Å². The average molecular weight is 457 g/mol. The van der Waals surface area contributed by atoms with Crippen molar-refractivity contribution in [2.45, 2.75) is 74.2 Å². The van der Waals surface area contributed by atoms with Gasteiger partial charge in [0.05, 0.1) is 18.5 Å². The Hall–Kier alpha value is -2.57. The Labute approximate surface area is 191 Å². The fraction of sp³-hybridized carbons (Fsp3) is 0.520. The maximum absolute atomic E-state index is 12.4. The molecule has 0 fully saturated rings. The van der Waals surface area contributed by atoms with Gasteiger partial charge in [0.25, 0.3) is 0 Å². The molecule has 1 aromatic carbocycles. The SMILES string of the molecule is CC.CC.CCCn1cc(C)c(NC)c1/C=C(/C)Cc1ccc(OC(F)(F)F)cc1OC. The molecular formula is C25H39F3N2O2. The van der Waals surface area contributed by atoms with E-state index in [0.717, 1.165) is 35.5 Å². The van der Waals surface area contributed by atoms with Crippen LogP contribution in [0.15, 0.2) is 30.0 Å². The molecule has 182 valence electrons. The lowest BCUT2D eigenvalue weighted by Gasteiger charge is -2.14. The number of benzene rings is 1. The maximum Gasteiger partial charge on any atom is 0.573 e. The van der Waals surface area contributed by atoms with E-state index < -0.39 is 6.36 Å². The highest BCUT2D eigenvalue weighted by atomic mass is 19.4. The van der Waals surface area contributed by atoms with Crippen molar-refractivity contribution >= 4 is 11.8 Å². The van der Waals surface area contributed by atoms with Gasteiger partial charge in [-0.2, -0.15) is 0 Å². The quantitative estimate of drug-likeness (QED) is 0.439. The molecule has 0 saturated carbocycles. The predicted octanol–water partition coefficient (Wildman–Crippen LogP) is 7.85. The molecule has 7 heteroatoms. The van der Waals surface area contributed by atoms with Crippen LogP contribution in [0.4, 0.5) is 18.9 Å². The van der Waals surface area contributed by atoms with Crippen molar-refractivity contribution in [2.75, 3.05) is 19.5 Å². The highest BCUT2D eigenvalue weighted by Gasteiger charge is 2.31. The molecule has 0 spiro atoms. The predicted molar refractivity (Wildman–Crippen MR) is 129 cm³/mol. The zero-order valence-electron chi connectivity index (χ0n) is 20.9. The minimum Gasteiger partial charge on any atom is -0.496 e. The van der Waals surface area contributed by atoms with Crippen LogP contribution < -0.4 is 14.8 Å². The van der Waals surface area contributed by atoms with E-state index in [1.807, 2.05) is 41.7 Å². The first-order chi connectivity index (χ1) is 15.2. The van der Waals surface area contributed by atoms with E-state index >= 15 is 0 Å². The largest absolute Gasteiger partial charge is 0.573 e. The van der Waals surface area contributed by atoms with Crippen molar-refractivity contribution in [3.8, 4) is 11.5 Å². The summed E-state index contributed by atoms with van der Waals surface area (Å²) in [5, 5.41) is 3.25. The van der Waals surface area contributed by atoms with E-state index in [9.17, 15) is 13.2 Å². The van der Waals surface area contributed by atoms with Gasteiger partial charge in [-0.25, -0.2) is 0 Å². The lowest BCUT2D eigenvalue weighted by molar-refractivity contribution is -0.274. The number of rotatable bonds is 8. The van der Waals surface area contributed by atoms with Gasteiger partial charge in [0.15, 0.2) is 0 Å². The first-order valence-electron chi connectivity index (χ1n) is 11.2. The fourth-order valence-electron chi connectivity index (χ4n) is 3.27. The number of methoxy groups -OCH3 is 1. The normalized spacial score (nSPS) is 11.1. The van der Waals surface area contributed by atoms with Crippen LogP contribution in [0.5, 0.6) is 11.5 Å². The van der Waals surface area contributed by atoms with Crippen molar-refractivity contribution in [1.29, 1.82) is 0 Å². The second kappa shape index (κ2) is 14.5. The third-order valence-corrected chi connectivity index (χ3v) is 4.37. The molecule has 2 rings (SSSR count). The van der Waals surface area contributed by atoms with Crippen LogP contribution in [-0.2, 0) is 13.0 Å². The number of nitrogens with one attached hydrogen (secondary N) is 1. The molecule has 32 heavy (non-hydrogen) atoms. The summed E-state index contributed by atoms with van der Waals surface area (Å²) in [5.74, 6) is 0.0723. The summed E-state index contributed by atoms with van der Waals surface area (Å²) in [6.45, 7) is 15.1. The molecule has 1 N–H and O–H groups in total. The fourth-order valence-corrected chi connectivity index (χ4v) is 3.27. The van der Waals surface area contributed by atoms with E-state index in [1.54, 1.807) is 6.07 Å². The summed E-state index contributed by atoms with van der Waals surface area (Å²) in [4.78, 5) is 0. The molecule has 0 aliphatic carbocycles. The maximum atomic E-state index is 12.4. The molecule has 1 heterocycles. The van der Waals surface area contributed by atoms with Crippen LogP contribution in [0.3, 0.4) is 0 Å². The minimum atomic E-state index is -4.73. The van der Waals surface area contributed by atoms with Gasteiger partial charge in [-0.15, -0.1) is 13.2 Å². The van der Waals surface area contributed by atoms with Gasteiger partial charge in [0, 0.05) is 25.9 Å². The lowest BCUT2D eigenvalue weighted by atomic mass is 10.0. The van der Waals surface area contributed by atoms with Gasteiger partial charge in [0.1, 0.15) is 11.5 Å². The Bertz CT molecular complexity index is 840. The highest BCUT2D eigenvalue weighted by molar-refractivity contribution is 5.69. The molecule has 0 amide bonds. The van der Waals surface area contributed by atoms with Gasteiger partial charge < -0.3 is 19.4 Å². The monoisotopic (exact) mass is 456 g/mol. The molecule has 4 nitrogen and oxygen atoms in total. The van der Waals surface area contributed by atoms with Gasteiger partial charge in [-0.05, 0) is 50.0 Å². The molecule has 2 aromatic rings. The minimum absolute atomic E-state index is 0.292. The smallest absolute Gasteiger partial charge is 0.496 e. The number of hydrogen-bond acceptors (Lipinski definition) is 3. The van der Waals surface area contributed by atoms with Crippen molar-refractivity contribution in [3.05, 3.63) is 46.8 Å². The van der Waals surface area contributed by atoms with Crippen LogP contribution in [0.2, 0.25) is 0 Å². The van der Waals surface area contributed by atoms with Crippen molar-refractivity contribution < 1.29 is 22.6 Å². The number of allylic oxidation sites excluding steroid dienone is 1. The number of alkyl halides is 3. The summed E-state index contributed by atoms with van der Waals surface area (Å²) in [6.07, 6.45) is 1.07. The average Bonchev–Trinajstić information content (AvgIpc) is 3.05. The summed E-state index contributed by atoms with van der Waals surface area (Å²) in [5.41, 5.74) is 5.20. The molecule has 0 radical (unpaired) electrons. The van der Waals surface area contributed by atoms with Crippen molar-refractivity contribution in [2.24, 2.45) is 0 Å². The summed E-state index contributed by atoms with van der Waals surface area (Å²) >= 11 is 0. The number of hydrogen-bond donors (Lipinski definition) is 1. The first-order valence-corrected chi connectivity index (χ1v) is 11.2. The van der Waals surface area contributed by atoms with E-state index in [4.69, 9.17) is 4.74 Å². The summed E-state index contributed by atoms with van der Waals surface area (Å²) < 4.78 is 48.7. The molecule has 1 aromatic heterocycles. The molecule has 0 bridgehead atoms. The second-order valence-electron chi connectivity index (χ2n) is 6.70. The van der Waals surface area contributed by atoms with Crippen LogP contribution in [0.1, 0.15) is 64.8 Å². The van der Waals surface area contributed by atoms with Gasteiger partial charge in [-0.1, -0.05) is 46.3 Å². The number of anilines is 1.